The number of rotatable bonds is 7. The minimum absolute atomic E-state index is 0.308. The molecule has 2 aromatic carbocycles. The fourth-order valence-corrected chi connectivity index (χ4v) is 3.52. The van der Waals surface area contributed by atoms with Gasteiger partial charge in [-0.1, -0.05) is 32.0 Å². The summed E-state index contributed by atoms with van der Waals surface area (Å²) in [6.07, 6.45) is 2.70. The summed E-state index contributed by atoms with van der Waals surface area (Å²) in [7, 11) is 1.83. The van der Waals surface area contributed by atoms with E-state index in [0.29, 0.717) is 23.1 Å². The minimum Gasteiger partial charge on any atom is -0.481 e. The first-order valence-electron chi connectivity index (χ1n) is 10.1. The maximum Gasteiger partial charge on any atom is 0.261 e. The van der Waals surface area contributed by atoms with Crippen molar-refractivity contribution in [2.24, 2.45) is 7.05 Å². The van der Waals surface area contributed by atoms with Crippen LogP contribution in [0.15, 0.2) is 54.9 Å². The zero-order chi connectivity index (χ0) is 21.8. The van der Waals surface area contributed by atoms with Gasteiger partial charge in [0.25, 0.3) is 5.91 Å². The molecular formula is C24H28FN3O2. The van der Waals surface area contributed by atoms with Crippen LogP contribution in [-0.2, 0) is 11.8 Å². The number of hydrogen-bond donors (Lipinski definition) is 1. The first-order valence-corrected chi connectivity index (χ1v) is 10.1. The quantitative estimate of drug-likeness (QED) is 0.617. The molecule has 0 radical (unpaired) electrons. The summed E-state index contributed by atoms with van der Waals surface area (Å²) in [6, 6.07) is 11.4. The third-order valence-corrected chi connectivity index (χ3v) is 5.13. The van der Waals surface area contributed by atoms with E-state index in [4.69, 9.17) is 4.74 Å². The molecule has 2 atom stereocenters. The van der Waals surface area contributed by atoms with Crippen LogP contribution in [0.3, 0.4) is 0 Å². The molecule has 0 unspecified atom stereocenters. The number of nitrogens with zero attached hydrogens (tertiary/aromatic N) is 2. The highest BCUT2D eigenvalue weighted by Gasteiger charge is 2.25. The number of imidazole rings is 1. The van der Waals surface area contributed by atoms with Crippen molar-refractivity contribution in [3.8, 4) is 5.75 Å². The highest BCUT2D eigenvalue weighted by molar-refractivity contribution is 5.81. The van der Waals surface area contributed by atoms with Gasteiger partial charge in [-0.2, -0.15) is 0 Å². The third kappa shape index (κ3) is 4.87. The lowest BCUT2D eigenvalue weighted by Crippen LogP contribution is -2.39. The van der Waals surface area contributed by atoms with Gasteiger partial charge < -0.3 is 14.6 Å². The molecule has 0 bridgehead atoms. The van der Waals surface area contributed by atoms with Crippen molar-refractivity contribution in [1.82, 2.24) is 14.9 Å². The molecule has 0 saturated carbocycles. The van der Waals surface area contributed by atoms with Crippen molar-refractivity contribution in [3.05, 3.63) is 83.2 Å². The second-order valence-corrected chi connectivity index (χ2v) is 7.83. The van der Waals surface area contributed by atoms with Crippen LogP contribution >= 0.6 is 0 Å². The Kier molecular flexibility index (Phi) is 6.55. The Morgan fingerprint density at radius 2 is 1.93 bits per heavy atom. The lowest BCUT2D eigenvalue weighted by Gasteiger charge is -2.22. The molecule has 1 aromatic heterocycles. The first-order chi connectivity index (χ1) is 14.3. The Balaban J connectivity index is 1.78. The minimum atomic E-state index is -0.731. The van der Waals surface area contributed by atoms with Gasteiger partial charge >= 0.3 is 0 Å². The Morgan fingerprint density at radius 1 is 1.17 bits per heavy atom. The number of nitrogens with one attached hydrogen (secondary N) is 1. The van der Waals surface area contributed by atoms with E-state index in [9.17, 15) is 9.18 Å². The largest absolute Gasteiger partial charge is 0.481 e. The second-order valence-electron chi connectivity index (χ2n) is 7.83. The van der Waals surface area contributed by atoms with Crippen molar-refractivity contribution in [2.45, 2.75) is 45.8 Å². The lowest BCUT2D eigenvalue weighted by atomic mass is 9.98. The summed E-state index contributed by atoms with van der Waals surface area (Å²) in [6.45, 7) is 8.02. The van der Waals surface area contributed by atoms with E-state index in [0.717, 1.165) is 5.56 Å². The molecule has 3 rings (SSSR count). The standard InChI is InChI=1S/C24H28FN3O2/c1-15(2)21-10-9-20(13-16(21)3)30-17(4)24(29)27-22(23-26-11-12-28(23)5)18-7-6-8-19(25)14-18/h6-15,17,22H,1-5H3,(H,27,29)/t17-,22-/m0/s1. The summed E-state index contributed by atoms with van der Waals surface area (Å²) in [5, 5.41) is 2.95. The Labute approximate surface area is 176 Å². The molecule has 1 heterocycles. The number of halogens is 1. The molecule has 1 N–H and O–H groups in total. The first kappa shape index (κ1) is 21.6. The molecule has 6 heteroatoms. The zero-order valence-corrected chi connectivity index (χ0v) is 18.0. The highest BCUT2D eigenvalue weighted by Crippen LogP contribution is 2.25. The molecule has 1 amide bonds. The SMILES string of the molecule is Cc1cc(O[C@@H](C)C(=O)N[C@@H](c2cccc(F)c2)c2nccn2C)ccc1C(C)C. The van der Waals surface area contributed by atoms with Gasteiger partial charge in [-0.3, -0.25) is 4.79 Å². The number of carbonyl (C=O) groups is 1. The molecule has 0 aliphatic carbocycles. The number of benzene rings is 2. The fraction of sp³-hybridized carbons (Fsp3) is 0.333. The van der Waals surface area contributed by atoms with Gasteiger partial charge in [0, 0.05) is 19.4 Å². The van der Waals surface area contributed by atoms with Gasteiger partial charge in [0.1, 0.15) is 23.4 Å². The molecule has 30 heavy (non-hydrogen) atoms. The zero-order valence-electron chi connectivity index (χ0n) is 18.0. The van der Waals surface area contributed by atoms with Gasteiger partial charge in [-0.15, -0.1) is 0 Å². The molecule has 0 aliphatic rings. The molecule has 0 saturated heterocycles. The van der Waals surface area contributed by atoms with Crippen molar-refractivity contribution in [2.75, 3.05) is 0 Å². The van der Waals surface area contributed by atoms with E-state index < -0.39 is 12.1 Å². The van der Waals surface area contributed by atoms with Gasteiger partial charge in [0.15, 0.2) is 6.10 Å². The number of amides is 1. The number of hydrogen-bond acceptors (Lipinski definition) is 3. The molecular weight excluding hydrogens is 381 g/mol. The number of aryl methyl sites for hydroxylation is 2. The van der Waals surface area contributed by atoms with Crippen LogP contribution in [0.1, 0.15) is 55.2 Å². The van der Waals surface area contributed by atoms with E-state index in [2.05, 4.69) is 24.1 Å². The molecule has 3 aromatic rings. The molecule has 0 fully saturated rings. The number of ether oxygens (including phenoxy) is 1. The lowest BCUT2D eigenvalue weighted by molar-refractivity contribution is -0.127. The smallest absolute Gasteiger partial charge is 0.261 e. The Hall–Kier alpha value is -3.15. The summed E-state index contributed by atoms with van der Waals surface area (Å²) in [5.41, 5.74) is 2.99. The van der Waals surface area contributed by atoms with E-state index in [1.54, 1.807) is 36.0 Å². The summed E-state index contributed by atoms with van der Waals surface area (Å²) in [5.74, 6) is 0.991. The van der Waals surface area contributed by atoms with Gasteiger partial charge in [-0.25, -0.2) is 9.37 Å². The van der Waals surface area contributed by atoms with Crippen molar-refractivity contribution in [3.63, 3.8) is 0 Å². The van der Waals surface area contributed by atoms with Gasteiger partial charge in [-0.05, 0) is 60.7 Å². The van der Waals surface area contributed by atoms with Gasteiger partial charge in [0.05, 0.1) is 0 Å². The van der Waals surface area contributed by atoms with Crippen LogP contribution in [-0.4, -0.2) is 21.6 Å². The van der Waals surface area contributed by atoms with E-state index in [1.807, 2.05) is 32.2 Å². The number of carbonyl (C=O) groups excluding carboxylic acids is 1. The van der Waals surface area contributed by atoms with Crippen LogP contribution in [0.4, 0.5) is 4.39 Å². The normalized spacial score (nSPS) is 13.2. The predicted molar refractivity (Wildman–Crippen MR) is 115 cm³/mol. The summed E-state index contributed by atoms with van der Waals surface area (Å²) in [4.78, 5) is 17.3. The van der Waals surface area contributed by atoms with Crippen LogP contribution < -0.4 is 10.1 Å². The van der Waals surface area contributed by atoms with Crippen LogP contribution in [0.25, 0.3) is 0 Å². The highest BCUT2D eigenvalue weighted by atomic mass is 19.1. The van der Waals surface area contributed by atoms with Crippen LogP contribution in [0, 0.1) is 12.7 Å². The average molecular weight is 410 g/mol. The Bertz CT molecular complexity index is 1030. The summed E-state index contributed by atoms with van der Waals surface area (Å²) < 4.78 is 21.5. The fourth-order valence-electron chi connectivity index (χ4n) is 3.52. The average Bonchev–Trinajstić information content (AvgIpc) is 3.11. The maximum absolute atomic E-state index is 13.8. The monoisotopic (exact) mass is 409 g/mol. The maximum atomic E-state index is 13.8. The van der Waals surface area contributed by atoms with Gasteiger partial charge in [0.2, 0.25) is 0 Å². The molecule has 0 spiro atoms. The van der Waals surface area contributed by atoms with Crippen molar-refractivity contribution < 1.29 is 13.9 Å². The van der Waals surface area contributed by atoms with E-state index in [-0.39, 0.29) is 11.7 Å². The molecule has 5 nitrogen and oxygen atoms in total. The topological polar surface area (TPSA) is 56.1 Å². The number of aromatic nitrogens is 2. The molecule has 158 valence electrons. The van der Waals surface area contributed by atoms with Crippen LogP contribution in [0.5, 0.6) is 5.75 Å². The third-order valence-electron chi connectivity index (χ3n) is 5.13. The summed E-state index contributed by atoms with van der Waals surface area (Å²) >= 11 is 0. The van der Waals surface area contributed by atoms with E-state index >= 15 is 0 Å². The van der Waals surface area contributed by atoms with Crippen molar-refractivity contribution in [1.29, 1.82) is 0 Å². The predicted octanol–water partition coefficient (Wildman–Crippen LogP) is 4.66. The van der Waals surface area contributed by atoms with Crippen LogP contribution in [0.2, 0.25) is 0 Å². The Morgan fingerprint density at radius 3 is 2.53 bits per heavy atom. The molecule has 0 aliphatic heterocycles. The van der Waals surface area contributed by atoms with Crippen molar-refractivity contribution >= 4 is 5.91 Å². The van der Waals surface area contributed by atoms with E-state index in [1.165, 1.54) is 17.7 Å². The second kappa shape index (κ2) is 9.11.